The van der Waals surface area contributed by atoms with Crippen molar-refractivity contribution < 1.29 is 9.47 Å². The Labute approximate surface area is 123 Å². The first-order chi connectivity index (χ1) is 10.4. The topological polar surface area (TPSA) is 31.4 Å². The SMILES string of the molecule is c1ccc(-c2c(C3OCCO3)cnc3ccccc23)cc1. The van der Waals surface area contributed by atoms with Crippen LogP contribution in [0.25, 0.3) is 22.0 Å². The maximum atomic E-state index is 5.69. The standard InChI is InChI=1S/C18H15NO2/c1-2-6-13(7-3-1)17-14-8-4-5-9-16(14)19-12-15(17)18-20-10-11-21-18/h1-9,12,18H,10-11H2. The van der Waals surface area contributed by atoms with Crippen LogP contribution in [0, 0.1) is 0 Å². The molecular formula is C18H15NO2. The summed E-state index contributed by atoms with van der Waals surface area (Å²) in [5, 5.41) is 1.13. The van der Waals surface area contributed by atoms with Gasteiger partial charge in [0.05, 0.1) is 18.7 Å². The second kappa shape index (κ2) is 5.28. The molecule has 2 heterocycles. The highest BCUT2D eigenvalue weighted by Gasteiger charge is 2.23. The molecule has 0 radical (unpaired) electrons. The lowest BCUT2D eigenvalue weighted by atomic mass is 9.96. The second-order valence-corrected chi connectivity index (χ2v) is 5.05. The minimum absolute atomic E-state index is 0.322. The molecule has 1 aliphatic heterocycles. The van der Waals surface area contributed by atoms with Gasteiger partial charge in [0.15, 0.2) is 6.29 Å². The second-order valence-electron chi connectivity index (χ2n) is 5.05. The molecule has 0 unspecified atom stereocenters. The van der Waals surface area contributed by atoms with Crippen molar-refractivity contribution in [1.82, 2.24) is 4.98 Å². The van der Waals surface area contributed by atoms with Crippen molar-refractivity contribution >= 4 is 10.9 Å². The molecule has 0 atom stereocenters. The first-order valence-corrected chi connectivity index (χ1v) is 7.10. The van der Waals surface area contributed by atoms with Gasteiger partial charge in [-0.1, -0.05) is 48.5 Å². The third kappa shape index (κ3) is 2.20. The third-order valence-electron chi connectivity index (χ3n) is 3.74. The summed E-state index contributed by atoms with van der Waals surface area (Å²) < 4.78 is 11.4. The van der Waals surface area contributed by atoms with Crippen molar-refractivity contribution in [3.63, 3.8) is 0 Å². The number of rotatable bonds is 2. The van der Waals surface area contributed by atoms with E-state index in [4.69, 9.17) is 9.47 Å². The maximum absolute atomic E-state index is 5.69. The number of nitrogens with zero attached hydrogens (tertiary/aromatic N) is 1. The van der Waals surface area contributed by atoms with Crippen LogP contribution < -0.4 is 0 Å². The van der Waals surface area contributed by atoms with Crippen LogP contribution in [0.4, 0.5) is 0 Å². The van der Waals surface area contributed by atoms with E-state index >= 15 is 0 Å². The van der Waals surface area contributed by atoms with Crippen molar-refractivity contribution in [2.75, 3.05) is 13.2 Å². The highest BCUT2D eigenvalue weighted by Crippen LogP contribution is 2.36. The third-order valence-corrected chi connectivity index (χ3v) is 3.74. The molecule has 0 bridgehead atoms. The molecule has 4 rings (SSSR count). The summed E-state index contributed by atoms with van der Waals surface area (Å²) in [5.41, 5.74) is 4.29. The van der Waals surface area contributed by atoms with Gasteiger partial charge >= 0.3 is 0 Å². The fraction of sp³-hybridized carbons (Fsp3) is 0.167. The van der Waals surface area contributed by atoms with Gasteiger partial charge in [-0.2, -0.15) is 0 Å². The molecule has 0 spiro atoms. The lowest BCUT2D eigenvalue weighted by Gasteiger charge is -2.16. The van der Waals surface area contributed by atoms with Crippen LogP contribution >= 0.6 is 0 Å². The number of para-hydroxylation sites is 1. The summed E-state index contributed by atoms with van der Waals surface area (Å²) in [5.74, 6) is 0. The first kappa shape index (κ1) is 12.5. The van der Waals surface area contributed by atoms with Gasteiger partial charge in [0, 0.05) is 22.7 Å². The van der Waals surface area contributed by atoms with Crippen molar-refractivity contribution in [2.45, 2.75) is 6.29 Å². The number of hydrogen-bond donors (Lipinski definition) is 0. The zero-order valence-electron chi connectivity index (χ0n) is 11.5. The van der Waals surface area contributed by atoms with E-state index in [2.05, 4.69) is 23.2 Å². The van der Waals surface area contributed by atoms with Crippen molar-refractivity contribution in [3.05, 3.63) is 66.4 Å². The van der Waals surface area contributed by atoms with E-state index < -0.39 is 0 Å². The van der Waals surface area contributed by atoms with Gasteiger partial charge in [-0.25, -0.2) is 0 Å². The normalized spacial score (nSPS) is 15.6. The number of pyridine rings is 1. The Morgan fingerprint density at radius 1 is 0.857 bits per heavy atom. The van der Waals surface area contributed by atoms with E-state index in [1.807, 2.05) is 42.6 Å². The highest BCUT2D eigenvalue weighted by atomic mass is 16.7. The predicted octanol–water partition coefficient (Wildman–Crippen LogP) is 3.95. The zero-order valence-corrected chi connectivity index (χ0v) is 11.5. The van der Waals surface area contributed by atoms with Crippen LogP contribution in [0.15, 0.2) is 60.8 Å². The monoisotopic (exact) mass is 277 g/mol. The molecule has 1 saturated heterocycles. The fourth-order valence-electron chi connectivity index (χ4n) is 2.80. The molecule has 104 valence electrons. The number of ether oxygens (including phenoxy) is 2. The largest absolute Gasteiger partial charge is 0.346 e. The minimum atomic E-state index is -0.322. The molecule has 21 heavy (non-hydrogen) atoms. The Balaban J connectivity index is 2.00. The van der Waals surface area contributed by atoms with E-state index in [0.717, 1.165) is 27.6 Å². The van der Waals surface area contributed by atoms with Crippen LogP contribution in [-0.2, 0) is 9.47 Å². The van der Waals surface area contributed by atoms with Crippen LogP contribution in [0.2, 0.25) is 0 Å². The van der Waals surface area contributed by atoms with Gasteiger partial charge < -0.3 is 9.47 Å². The average Bonchev–Trinajstić information content (AvgIpc) is 3.09. The number of fused-ring (bicyclic) bond motifs is 1. The Hall–Kier alpha value is -2.23. The summed E-state index contributed by atoms with van der Waals surface area (Å²) in [6, 6.07) is 18.5. The molecule has 0 saturated carbocycles. The average molecular weight is 277 g/mol. The molecule has 1 fully saturated rings. The molecule has 1 aromatic heterocycles. The lowest BCUT2D eigenvalue weighted by molar-refractivity contribution is -0.0438. The van der Waals surface area contributed by atoms with Crippen LogP contribution in [0.3, 0.4) is 0 Å². The Morgan fingerprint density at radius 3 is 2.38 bits per heavy atom. The molecule has 0 N–H and O–H groups in total. The molecular weight excluding hydrogens is 262 g/mol. The van der Waals surface area contributed by atoms with Crippen LogP contribution in [-0.4, -0.2) is 18.2 Å². The Kier molecular flexibility index (Phi) is 3.14. The maximum Gasteiger partial charge on any atom is 0.186 e. The van der Waals surface area contributed by atoms with Gasteiger partial charge in [-0.3, -0.25) is 4.98 Å². The molecule has 0 amide bonds. The summed E-state index contributed by atoms with van der Waals surface area (Å²) >= 11 is 0. The molecule has 0 aliphatic carbocycles. The lowest BCUT2D eigenvalue weighted by Crippen LogP contribution is -2.02. The Morgan fingerprint density at radius 2 is 1.57 bits per heavy atom. The zero-order chi connectivity index (χ0) is 14.1. The predicted molar refractivity (Wildman–Crippen MR) is 81.8 cm³/mol. The molecule has 3 nitrogen and oxygen atoms in total. The van der Waals surface area contributed by atoms with E-state index in [1.165, 1.54) is 0 Å². The first-order valence-electron chi connectivity index (χ1n) is 7.10. The summed E-state index contributed by atoms with van der Waals surface area (Å²) in [6.45, 7) is 1.26. The smallest absolute Gasteiger partial charge is 0.186 e. The molecule has 2 aromatic carbocycles. The molecule has 1 aliphatic rings. The van der Waals surface area contributed by atoms with Gasteiger partial charge in [0.2, 0.25) is 0 Å². The molecule has 3 heteroatoms. The van der Waals surface area contributed by atoms with Crippen LogP contribution in [0.5, 0.6) is 0 Å². The van der Waals surface area contributed by atoms with Gasteiger partial charge in [-0.05, 0) is 11.6 Å². The quantitative estimate of drug-likeness (QED) is 0.710. The van der Waals surface area contributed by atoms with Crippen molar-refractivity contribution in [1.29, 1.82) is 0 Å². The molecule has 3 aromatic rings. The summed E-state index contributed by atoms with van der Waals surface area (Å²) in [6.07, 6.45) is 1.55. The fourth-order valence-corrected chi connectivity index (χ4v) is 2.80. The van der Waals surface area contributed by atoms with E-state index in [1.54, 1.807) is 0 Å². The minimum Gasteiger partial charge on any atom is -0.346 e. The van der Waals surface area contributed by atoms with Crippen molar-refractivity contribution in [2.24, 2.45) is 0 Å². The van der Waals surface area contributed by atoms with Gasteiger partial charge in [0.25, 0.3) is 0 Å². The number of benzene rings is 2. The van der Waals surface area contributed by atoms with E-state index in [9.17, 15) is 0 Å². The van der Waals surface area contributed by atoms with Crippen molar-refractivity contribution in [3.8, 4) is 11.1 Å². The van der Waals surface area contributed by atoms with E-state index in [0.29, 0.717) is 13.2 Å². The van der Waals surface area contributed by atoms with Gasteiger partial charge in [0.1, 0.15) is 0 Å². The summed E-state index contributed by atoms with van der Waals surface area (Å²) in [7, 11) is 0. The van der Waals surface area contributed by atoms with Crippen LogP contribution in [0.1, 0.15) is 11.9 Å². The van der Waals surface area contributed by atoms with E-state index in [-0.39, 0.29) is 6.29 Å². The highest BCUT2D eigenvalue weighted by molar-refractivity contribution is 5.96. The summed E-state index contributed by atoms with van der Waals surface area (Å²) in [4.78, 5) is 4.55. The Bertz CT molecular complexity index is 765. The number of hydrogen-bond acceptors (Lipinski definition) is 3. The van der Waals surface area contributed by atoms with Gasteiger partial charge in [-0.15, -0.1) is 0 Å². The number of aromatic nitrogens is 1.